The zero-order chi connectivity index (χ0) is 16.1. The van der Waals surface area contributed by atoms with Gasteiger partial charge in [-0.2, -0.15) is 5.10 Å². The van der Waals surface area contributed by atoms with E-state index < -0.39 is 0 Å². The molecule has 2 fully saturated rings. The normalized spacial score (nSPS) is 23.2. The quantitative estimate of drug-likeness (QED) is 0.827. The topological polar surface area (TPSA) is 50.6 Å². The standard InChI is InChI=1S/C17H28N4O2/c1-2-21-16(6-8-18-21)17(22)20-9-4-3-5-15(20)7-10-19-11-13-23-14-12-19/h6,8,15H,2-5,7,9-14H2,1H3/t15-/m1/s1. The lowest BCUT2D eigenvalue weighted by molar-refractivity contribution is 0.0293. The van der Waals surface area contributed by atoms with Gasteiger partial charge in [-0.05, 0) is 38.7 Å². The average Bonchev–Trinajstić information content (AvgIpc) is 3.09. The van der Waals surface area contributed by atoms with E-state index in [1.165, 1.54) is 6.42 Å². The van der Waals surface area contributed by atoms with Gasteiger partial charge in [0.15, 0.2) is 0 Å². The lowest BCUT2D eigenvalue weighted by atomic mass is 9.98. The number of morpholine rings is 1. The summed E-state index contributed by atoms with van der Waals surface area (Å²) in [7, 11) is 0. The Morgan fingerprint density at radius 1 is 1.30 bits per heavy atom. The first kappa shape index (κ1) is 16.5. The summed E-state index contributed by atoms with van der Waals surface area (Å²) in [6.07, 6.45) is 6.25. The number of amides is 1. The van der Waals surface area contributed by atoms with Crippen molar-refractivity contribution in [1.29, 1.82) is 0 Å². The van der Waals surface area contributed by atoms with Gasteiger partial charge in [0.25, 0.3) is 5.91 Å². The number of hydrogen-bond donors (Lipinski definition) is 0. The molecular formula is C17H28N4O2. The van der Waals surface area contributed by atoms with Crippen LogP contribution >= 0.6 is 0 Å². The van der Waals surface area contributed by atoms with Crippen LogP contribution in [-0.2, 0) is 11.3 Å². The summed E-state index contributed by atoms with van der Waals surface area (Å²) in [5.74, 6) is 0.149. The molecule has 1 amide bonds. The number of ether oxygens (including phenoxy) is 1. The number of carbonyl (C=O) groups excluding carboxylic acids is 1. The van der Waals surface area contributed by atoms with Gasteiger partial charge in [0.05, 0.1) is 13.2 Å². The Kier molecular flexibility index (Phi) is 5.67. The van der Waals surface area contributed by atoms with E-state index in [0.29, 0.717) is 6.04 Å². The number of aromatic nitrogens is 2. The number of hydrogen-bond acceptors (Lipinski definition) is 4. The molecule has 0 spiro atoms. The highest BCUT2D eigenvalue weighted by Crippen LogP contribution is 2.22. The second-order valence-electron chi connectivity index (χ2n) is 6.42. The smallest absolute Gasteiger partial charge is 0.272 e. The third-order valence-corrected chi connectivity index (χ3v) is 5.01. The molecule has 6 nitrogen and oxygen atoms in total. The van der Waals surface area contributed by atoms with Crippen molar-refractivity contribution in [3.05, 3.63) is 18.0 Å². The minimum absolute atomic E-state index is 0.149. The highest BCUT2D eigenvalue weighted by Gasteiger charge is 2.29. The fourth-order valence-corrected chi connectivity index (χ4v) is 3.64. The number of carbonyl (C=O) groups is 1. The van der Waals surface area contributed by atoms with Crippen LogP contribution in [0.15, 0.2) is 12.3 Å². The maximum atomic E-state index is 12.9. The lowest BCUT2D eigenvalue weighted by Crippen LogP contribution is -2.46. The van der Waals surface area contributed by atoms with Gasteiger partial charge in [-0.25, -0.2) is 0 Å². The third-order valence-electron chi connectivity index (χ3n) is 5.01. The molecule has 2 aliphatic heterocycles. The Labute approximate surface area is 138 Å². The summed E-state index contributed by atoms with van der Waals surface area (Å²) in [5.41, 5.74) is 0.728. The molecule has 3 heterocycles. The molecule has 0 N–H and O–H groups in total. The van der Waals surface area contributed by atoms with Crippen molar-refractivity contribution in [2.45, 2.75) is 45.2 Å². The van der Waals surface area contributed by atoms with Crippen LogP contribution in [0, 0.1) is 0 Å². The van der Waals surface area contributed by atoms with Crippen molar-refractivity contribution in [2.24, 2.45) is 0 Å². The zero-order valence-electron chi connectivity index (χ0n) is 14.1. The SMILES string of the molecule is CCn1nccc1C(=O)N1CCCC[C@@H]1CCN1CCOCC1. The first-order valence-electron chi connectivity index (χ1n) is 8.92. The van der Waals surface area contributed by atoms with Crippen molar-refractivity contribution in [2.75, 3.05) is 39.4 Å². The Morgan fingerprint density at radius 2 is 2.13 bits per heavy atom. The van der Waals surface area contributed by atoms with Crippen LogP contribution in [0.5, 0.6) is 0 Å². The van der Waals surface area contributed by atoms with Crippen molar-refractivity contribution in [3.63, 3.8) is 0 Å². The number of piperidine rings is 1. The van der Waals surface area contributed by atoms with E-state index in [9.17, 15) is 4.79 Å². The molecule has 0 aliphatic carbocycles. The molecule has 23 heavy (non-hydrogen) atoms. The molecular weight excluding hydrogens is 292 g/mol. The maximum absolute atomic E-state index is 12.9. The Bertz CT molecular complexity index is 510. The first-order valence-corrected chi connectivity index (χ1v) is 8.92. The van der Waals surface area contributed by atoms with E-state index in [0.717, 1.165) is 70.9 Å². The fraction of sp³-hybridized carbons (Fsp3) is 0.765. The average molecular weight is 320 g/mol. The van der Waals surface area contributed by atoms with E-state index in [1.54, 1.807) is 10.9 Å². The summed E-state index contributed by atoms with van der Waals surface area (Å²) in [4.78, 5) is 17.5. The van der Waals surface area contributed by atoms with Crippen LogP contribution in [0.25, 0.3) is 0 Å². The highest BCUT2D eigenvalue weighted by molar-refractivity contribution is 5.92. The van der Waals surface area contributed by atoms with E-state index >= 15 is 0 Å². The first-order chi connectivity index (χ1) is 11.3. The molecule has 128 valence electrons. The van der Waals surface area contributed by atoms with Gasteiger partial charge in [-0.3, -0.25) is 14.4 Å². The monoisotopic (exact) mass is 320 g/mol. The molecule has 1 aromatic heterocycles. The van der Waals surface area contributed by atoms with Crippen LogP contribution in [0.3, 0.4) is 0 Å². The summed E-state index contributed by atoms with van der Waals surface area (Å²) >= 11 is 0. The molecule has 1 atom stereocenters. The minimum Gasteiger partial charge on any atom is -0.379 e. The molecule has 2 saturated heterocycles. The van der Waals surface area contributed by atoms with Gasteiger partial charge >= 0.3 is 0 Å². The third kappa shape index (κ3) is 3.93. The van der Waals surface area contributed by atoms with E-state index in [2.05, 4.69) is 14.9 Å². The molecule has 0 radical (unpaired) electrons. The second kappa shape index (κ2) is 7.93. The number of nitrogens with zero attached hydrogens (tertiary/aromatic N) is 4. The van der Waals surface area contributed by atoms with Crippen molar-refractivity contribution in [1.82, 2.24) is 19.6 Å². The molecule has 0 bridgehead atoms. The summed E-state index contributed by atoms with van der Waals surface area (Å²) in [5, 5.41) is 4.24. The molecule has 3 rings (SSSR count). The molecule has 2 aliphatic rings. The predicted octanol–water partition coefficient (Wildman–Crippen LogP) is 1.62. The Balaban J connectivity index is 1.62. The van der Waals surface area contributed by atoms with Crippen LogP contribution in [0.4, 0.5) is 0 Å². The minimum atomic E-state index is 0.149. The van der Waals surface area contributed by atoms with Crippen LogP contribution in [0.1, 0.15) is 43.1 Å². The van der Waals surface area contributed by atoms with Gasteiger partial charge in [0.2, 0.25) is 0 Å². The summed E-state index contributed by atoms with van der Waals surface area (Å²) in [6.45, 7) is 8.40. The van der Waals surface area contributed by atoms with E-state index in [1.807, 2.05) is 13.0 Å². The van der Waals surface area contributed by atoms with Gasteiger partial charge in [0, 0.05) is 45.0 Å². The maximum Gasteiger partial charge on any atom is 0.272 e. The summed E-state index contributed by atoms with van der Waals surface area (Å²) < 4.78 is 7.21. The van der Waals surface area contributed by atoms with E-state index in [-0.39, 0.29) is 5.91 Å². The van der Waals surface area contributed by atoms with Crippen LogP contribution < -0.4 is 0 Å². The van der Waals surface area contributed by atoms with Crippen molar-refractivity contribution < 1.29 is 9.53 Å². The predicted molar refractivity (Wildman–Crippen MR) is 88.5 cm³/mol. The zero-order valence-corrected chi connectivity index (χ0v) is 14.1. The Morgan fingerprint density at radius 3 is 2.91 bits per heavy atom. The van der Waals surface area contributed by atoms with Crippen molar-refractivity contribution >= 4 is 5.91 Å². The molecule has 6 heteroatoms. The largest absolute Gasteiger partial charge is 0.379 e. The second-order valence-corrected chi connectivity index (χ2v) is 6.42. The number of rotatable bonds is 5. The van der Waals surface area contributed by atoms with Gasteiger partial charge in [-0.1, -0.05) is 0 Å². The van der Waals surface area contributed by atoms with Gasteiger partial charge < -0.3 is 9.64 Å². The van der Waals surface area contributed by atoms with Crippen LogP contribution in [0.2, 0.25) is 0 Å². The molecule has 0 aromatic carbocycles. The van der Waals surface area contributed by atoms with E-state index in [4.69, 9.17) is 4.74 Å². The number of aryl methyl sites for hydroxylation is 1. The lowest BCUT2D eigenvalue weighted by Gasteiger charge is -2.37. The number of likely N-dealkylation sites (tertiary alicyclic amines) is 1. The highest BCUT2D eigenvalue weighted by atomic mass is 16.5. The van der Waals surface area contributed by atoms with Gasteiger partial charge in [0.1, 0.15) is 5.69 Å². The summed E-state index contributed by atoms with van der Waals surface area (Å²) in [6, 6.07) is 2.21. The van der Waals surface area contributed by atoms with Gasteiger partial charge in [-0.15, -0.1) is 0 Å². The van der Waals surface area contributed by atoms with Crippen LogP contribution in [-0.4, -0.2) is 70.9 Å². The molecule has 0 saturated carbocycles. The fourth-order valence-electron chi connectivity index (χ4n) is 3.64. The Hall–Kier alpha value is -1.40. The molecule has 1 aromatic rings. The molecule has 0 unspecified atom stereocenters. The van der Waals surface area contributed by atoms with Crippen molar-refractivity contribution in [3.8, 4) is 0 Å².